The predicted molar refractivity (Wildman–Crippen MR) is 84.4 cm³/mol. The monoisotopic (exact) mass is 270 g/mol. The molecule has 4 nitrogen and oxygen atoms in total. The quantitative estimate of drug-likeness (QED) is 0.868. The zero-order valence-electron chi connectivity index (χ0n) is 13.2. The lowest BCUT2D eigenvalue weighted by Crippen LogP contribution is -2.22. The fourth-order valence-electron chi connectivity index (χ4n) is 0.833. The van der Waals surface area contributed by atoms with E-state index < -0.39 is 0 Å². The molecule has 0 aliphatic heterocycles. The molecule has 0 saturated heterocycles. The SMILES string of the molecule is CC.CC(=O)N(C)c1ccccc1.CCCN.CO. The molecule has 0 bridgehead atoms. The average Bonchev–Trinajstić information content (AvgIpc) is 2.51. The number of rotatable bonds is 2. The number of aliphatic hydroxyl groups excluding tert-OH is 1. The van der Waals surface area contributed by atoms with Crippen LogP contribution in [0.5, 0.6) is 0 Å². The van der Waals surface area contributed by atoms with Crippen LogP contribution < -0.4 is 10.6 Å². The Labute approximate surface area is 118 Å². The first kappa shape index (κ1) is 22.8. The summed E-state index contributed by atoms with van der Waals surface area (Å²) in [5, 5.41) is 7.00. The Morgan fingerprint density at radius 3 is 1.84 bits per heavy atom. The van der Waals surface area contributed by atoms with Crippen LogP contribution in [0.25, 0.3) is 0 Å². The van der Waals surface area contributed by atoms with Gasteiger partial charge < -0.3 is 15.7 Å². The van der Waals surface area contributed by atoms with E-state index in [1.54, 1.807) is 18.9 Å². The number of nitrogens with two attached hydrogens (primary N) is 1. The van der Waals surface area contributed by atoms with Crippen LogP contribution in [0.2, 0.25) is 0 Å². The first-order valence-electron chi connectivity index (χ1n) is 6.57. The maximum absolute atomic E-state index is 10.9. The summed E-state index contributed by atoms with van der Waals surface area (Å²) in [6.45, 7) is 8.42. The number of carbonyl (C=O) groups excluding carboxylic acids is 1. The summed E-state index contributed by atoms with van der Waals surface area (Å²) in [6.07, 6.45) is 1.10. The van der Waals surface area contributed by atoms with Gasteiger partial charge in [-0.05, 0) is 25.1 Å². The maximum atomic E-state index is 10.9. The van der Waals surface area contributed by atoms with Gasteiger partial charge in [0.2, 0.25) is 5.91 Å². The van der Waals surface area contributed by atoms with Gasteiger partial charge >= 0.3 is 0 Å². The lowest BCUT2D eigenvalue weighted by molar-refractivity contribution is -0.116. The zero-order chi connectivity index (χ0) is 15.7. The van der Waals surface area contributed by atoms with Gasteiger partial charge in [0.25, 0.3) is 0 Å². The van der Waals surface area contributed by atoms with E-state index in [1.165, 1.54) is 0 Å². The minimum absolute atomic E-state index is 0.0520. The standard InChI is InChI=1S/C9H11NO.C3H9N.C2H6.CH4O/c1-8(11)10(2)9-6-4-3-5-7-9;1-2-3-4;2*1-2/h3-7H,1-2H3;2-4H2,1H3;1-2H3;2H,1H3. The highest BCUT2D eigenvalue weighted by Gasteiger charge is 2.02. The number of hydrogen-bond acceptors (Lipinski definition) is 3. The third-order valence-corrected chi connectivity index (χ3v) is 1.90. The molecule has 19 heavy (non-hydrogen) atoms. The topological polar surface area (TPSA) is 66.6 Å². The molecule has 0 aliphatic carbocycles. The zero-order valence-corrected chi connectivity index (χ0v) is 13.2. The number of benzene rings is 1. The molecule has 1 aromatic rings. The highest BCUT2D eigenvalue weighted by Crippen LogP contribution is 2.10. The predicted octanol–water partition coefficient (Wildman–Crippen LogP) is 2.66. The van der Waals surface area contributed by atoms with Crippen molar-refractivity contribution in [1.82, 2.24) is 0 Å². The Morgan fingerprint density at radius 2 is 1.58 bits per heavy atom. The molecule has 0 heterocycles. The van der Waals surface area contributed by atoms with Gasteiger partial charge in [-0.15, -0.1) is 0 Å². The maximum Gasteiger partial charge on any atom is 0.223 e. The third kappa shape index (κ3) is 14.6. The van der Waals surface area contributed by atoms with E-state index in [0.29, 0.717) is 0 Å². The molecule has 112 valence electrons. The minimum atomic E-state index is 0.0520. The molecule has 0 aliphatic rings. The van der Waals surface area contributed by atoms with Crippen molar-refractivity contribution in [3.63, 3.8) is 0 Å². The Bertz CT molecular complexity index is 275. The molecule has 0 aromatic heterocycles. The van der Waals surface area contributed by atoms with Crippen molar-refractivity contribution in [3.8, 4) is 0 Å². The molecule has 1 aromatic carbocycles. The van der Waals surface area contributed by atoms with Crippen LogP contribution in [0.15, 0.2) is 30.3 Å². The number of carbonyl (C=O) groups is 1. The molecule has 0 spiro atoms. The van der Waals surface area contributed by atoms with Crippen LogP contribution in [0.3, 0.4) is 0 Å². The van der Waals surface area contributed by atoms with Crippen molar-refractivity contribution in [2.75, 3.05) is 25.6 Å². The van der Waals surface area contributed by atoms with E-state index in [0.717, 1.165) is 25.8 Å². The molecule has 0 radical (unpaired) electrons. The fourth-order valence-corrected chi connectivity index (χ4v) is 0.833. The highest BCUT2D eigenvalue weighted by molar-refractivity contribution is 5.90. The van der Waals surface area contributed by atoms with Crippen LogP contribution in [0, 0.1) is 0 Å². The molecule has 0 saturated carbocycles. The van der Waals surface area contributed by atoms with Gasteiger partial charge in [-0.2, -0.15) is 0 Å². The Kier molecular flexibility index (Phi) is 22.7. The molecule has 0 unspecified atom stereocenters. The van der Waals surface area contributed by atoms with E-state index in [4.69, 9.17) is 10.8 Å². The van der Waals surface area contributed by atoms with E-state index in [9.17, 15) is 4.79 Å². The van der Waals surface area contributed by atoms with Crippen molar-refractivity contribution < 1.29 is 9.90 Å². The third-order valence-electron chi connectivity index (χ3n) is 1.90. The van der Waals surface area contributed by atoms with Crippen LogP contribution >= 0.6 is 0 Å². The largest absolute Gasteiger partial charge is 0.400 e. The van der Waals surface area contributed by atoms with Gasteiger partial charge in [0.15, 0.2) is 0 Å². The molecule has 0 atom stereocenters. The number of para-hydroxylation sites is 1. The second-order valence-corrected chi connectivity index (χ2v) is 3.20. The lowest BCUT2D eigenvalue weighted by atomic mass is 10.3. The van der Waals surface area contributed by atoms with E-state index >= 15 is 0 Å². The van der Waals surface area contributed by atoms with Crippen LogP contribution in [0.4, 0.5) is 5.69 Å². The molecule has 4 heteroatoms. The van der Waals surface area contributed by atoms with Crippen LogP contribution in [-0.4, -0.2) is 31.7 Å². The highest BCUT2D eigenvalue weighted by atomic mass is 16.2. The van der Waals surface area contributed by atoms with Gasteiger partial charge in [-0.3, -0.25) is 4.79 Å². The van der Waals surface area contributed by atoms with E-state index in [2.05, 4.69) is 6.92 Å². The fraction of sp³-hybridized carbons (Fsp3) is 0.533. The van der Waals surface area contributed by atoms with Crippen LogP contribution in [0.1, 0.15) is 34.1 Å². The molecule has 0 fully saturated rings. The number of amides is 1. The Morgan fingerprint density at radius 1 is 1.21 bits per heavy atom. The van der Waals surface area contributed by atoms with Crippen molar-refractivity contribution in [2.45, 2.75) is 34.1 Å². The first-order valence-corrected chi connectivity index (χ1v) is 6.57. The summed E-state index contributed by atoms with van der Waals surface area (Å²) in [5.41, 5.74) is 5.96. The van der Waals surface area contributed by atoms with Crippen molar-refractivity contribution >= 4 is 11.6 Å². The van der Waals surface area contributed by atoms with Gasteiger partial charge in [0.1, 0.15) is 0 Å². The van der Waals surface area contributed by atoms with E-state index in [1.807, 2.05) is 44.2 Å². The molecular weight excluding hydrogens is 240 g/mol. The summed E-state index contributed by atoms with van der Waals surface area (Å²) >= 11 is 0. The molecule has 1 amide bonds. The first-order chi connectivity index (χ1) is 9.13. The summed E-state index contributed by atoms with van der Waals surface area (Å²) in [6, 6.07) is 9.56. The normalized spacial score (nSPS) is 7.58. The van der Waals surface area contributed by atoms with Gasteiger partial charge in [-0.25, -0.2) is 0 Å². The second-order valence-electron chi connectivity index (χ2n) is 3.20. The van der Waals surface area contributed by atoms with Crippen molar-refractivity contribution in [2.24, 2.45) is 5.73 Å². The Hall–Kier alpha value is -1.39. The second kappa shape index (κ2) is 19.0. The van der Waals surface area contributed by atoms with Gasteiger partial charge in [-0.1, -0.05) is 39.0 Å². The lowest BCUT2D eigenvalue weighted by Gasteiger charge is -2.13. The summed E-state index contributed by atoms with van der Waals surface area (Å²) < 4.78 is 0. The van der Waals surface area contributed by atoms with Crippen molar-refractivity contribution in [1.29, 1.82) is 0 Å². The smallest absolute Gasteiger partial charge is 0.223 e. The van der Waals surface area contributed by atoms with Crippen LogP contribution in [-0.2, 0) is 4.79 Å². The number of hydrogen-bond donors (Lipinski definition) is 2. The average molecular weight is 270 g/mol. The summed E-state index contributed by atoms with van der Waals surface area (Å²) in [4.78, 5) is 12.5. The number of anilines is 1. The molecular formula is C15H30N2O2. The van der Waals surface area contributed by atoms with E-state index in [-0.39, 0.29) is 5.91 Å². The van der Waals surface area contributed by atoms with Gasteiger partial charge in [0.05, 0.1) is 0 Å². The Balaban J connectivity index is -0.000000271. The van der Waals surface area contributed by atoms with Crippen molar-refractivity contribution in [3.05, 3.63) is 30.3 Å². The minimum Gasteiger partial charge on any atom is -0.400 e. The summed E-state index contributed by atoms with van der Waals surface area (Å²) in [7, 11) is 2.76. The summed E-state index contributed by atoms with van der Waals surface area (Å²) in [5.74, 6) is 0.0520. The van der Waals surface area contributed by atoms with Gasteiger partial charge in [0, 0.05) is 26.8 Å². The number of nitrogens with zero attached hydrogens (tertiary/aromatic N) is 1. The molecule has 1 rings (SSSR count). The number of aliphatic hydroxyl groups is 1. The molecule has 3 N–H and O–H groups in total.